The molecule has 4 heteroatoms. The molecule has 2 fully saturated rings. The zero-order valence-corrected chi connectivity index (χ0v) is 15.0. The summed E-state index contributed by atoms with van der Waals surface area (Å²) >= 11 is 0. The van der Waals surface area contributed by atoms with Gasteiger partial charge in [-0.3, -0.25) is 0 Å². The summed E-state index contributed by atoms with van der Waals surface area (Å²) < 4.78 is 19.4. The van der Waals surface area contributed by atoms with Gasteiger partial charge in [0, 0.05) is 29.6 Å². The lowest BCUT2D eigenvalue weighted by atomic mass is 9.92. The number of hydrogen-bond donors (Lipinski definition) is 2. The third kappa shape index (κ3) is 4.25. The monoisotopic (exact) mass is 354 g/mol. The van der Waals surface area contributed by atoms with E-state index in [9.17, 15) is 4.39 Å². The summed E-state index contributed by atoms with van der Waals surface area (Å²) in [7, 11) is 0. The predicted molar refractivity (Wildman–Crippen MR) is 102 cm³/mol. The number of nitrogens with two attached hydrogens (primary N) is 1. The molecule has 2 aliphatic rings. The number of benzene rings is 2. The fourth-order valence-corrected chi connectivity index (χ4v) is 3.92. The summed E-state index contributed by atoms with van der Waals surface area (Å²) in [5, 5.41) is 3.80. The molecule has 0 radical (unpaired) electrons. The second-order valence-corrected chi connectivity index (χ2v) is 7.68. The lowest BCUT2D eigenvalue weighted by molar-refractivity contribution is 0.300. The molecule has 0 aliphatic heterocycles. The Morgan fingerprint density at radius 2 is 1.73 bits per heavy atom. The van der Waals surface area contributed by atoms with Crippen LogP contribution in [-0.2, 0) is 6.61 Å². The molecule has 2 aliphatic carbocycles. The van der Waals surface area contributed by atoms with E-state index in [-0.39, 0.29) is 12.4 Å². The average molecular weight is 354 g/mol. The van der Waals surface area contributed by atoms with Gasteiger partial charge in [0.2, 0.25) is 0 Å². The van der Waals surface area contributed by atoms with Crippen LogP contribution in [0.1, 0.15) is 49.1 Å². The predicted octanol–water partition coefficient (Wildman–Crippen LogP) is 4.12. The van der Waals surface area contributed by atoms with Gasteiger partial charge in [-0.05, 0) is 55.9 Å². The Morgan fingerprint density at radius 1 is 1.00 bits per heavy atom. The van der Waals surface area contributed by atoms with Gasteiger partial charge in [0.15, 0.2) is 0 Å². The Hall–Kier alpha value is -1.91. The first kappa shape index (κ1) is 17.5. The van der Waals surface area contributed by atoms with Crippen molar-refractivity contribution in [2.24, 2.45) is 5.73 Å². The average Bonchev–Trinajstić information content (AvgIpc) is 3.43. The molecule has 0 unspecified atom stereocenters. The molecule has 0 saturated heterocycles. The van der Waals surface area contributed by atoms with Crippen molar-refractivity contribution in [1.82, 2.24) is 5.32 Å². The zero-order valence-electron chi connectivity index (χ0n) is 15.0. The van der Waals surface area contributed by atoms with Crippen LogP contribution in [0.3, 0.4) is 0 Å². The van der Waals surface area contributed by atoms with Crippen LogP contribution in [0.4, 0.5) is 4.39 Å². The van der Waals surface area contributed by atoms with E-state index in [2.05, 4.69) is 17.4 Å². The van der Waals surface area contributed by atoms with Crippen LogP contribution in [0.2, 0.25) is 0 Å². The Kier molecular flexibility index (Phi) is 5.23. The van der Waals surface area contributed by atoms with Gasteiger partial charge in [0.05, 0.1) is 0 Å². The Balaban J connectivity index is 1.27. The van der Waals surface area contributed by atoms with E-state index < -0.39 is 0 Å². The summed E-state index contributed by atoms with van der Waals surface area (Å²) in [6, 6.07) is 16.6. The molecule has 0 aromatic heterocycles. The van der Waals surface area contributed by atoms with Crippen molar-refractivity contribution in [1.29, 1.82) is 0 Å². The van der Waals surface area contributed by atoms with E-state index in [4.69, 9.17) is 10.5 Å². The minimum atomic E-state index is -0.223. The van der Waals surface area contributed by atoms with Crippen molar-refractivity contribution in [3.8, 4) is 5.75 Å². The van der Waals surface area contributed by atoms with Gasteiger partial charge < -0.3 is 15.8 Å². The van der Waals surface area contributed by atoms with Crippen LogP contribution in [-0.4, -0.2) is 18.1 Å². The van der Waals surface area contributed by atoms with Crippen molar-refractivity contribution < 1.29 is 9.13 Å². The van der Waals surface area contributed by atoms with Gasteiger partial charge >= 0.3 is 0 Å². The van der Waals surface area contributed by atoms with E-state index in [0.29, 0.717) is 29.6 Å². The summed E-state index contributed by atoms with van der Waals surface area (Å²) in [4.78, 5) is 0. The molecule has 0 amide bonds. The maximum absolute atomic E-state index is 13.6. The van der Waals surface area contributed by atoms with E-state index in [0.717, 1.165) is 18.6 Å². The first-order valence-electron chi connectivity index (χ1n) is 9.67. The SMILES string of the molecule is NC1CCC(N[C@@H]2C[C@H]2c2ccc(OCc3ccccc3F)cc2)CC1. The third-order valence-corrected chi connectivity index (χ3v) is 5.67. The molecule has 2 atom stereocenters. The van der Waals surface area contributed by atoms with Gasteiger partial charge in [-0.25, -0.2) is 4.39 Å². The van der Waals surface area contributed by atoms with Crippen LogP contribution in [0.5, 0.6) is 5.75 Å². The molecular formula is C22H27FN2O. The standard InChI is InChI=1S/C22H27FN2O/c23-21-4-2-1-3-16(21)14-26-19-11-5-15(6-12-19)20-13-22(20)25-18-9-7-17(24)8-10-18/h1-6,11-12,17-18,20,22,25H,7-10,13-14,24H2/t17?,18?,20-,22+/m0/s1. The van der Waals surface area contributed by atoms with E-state index >= 15 is 0 Å². The third-order valence-electron chi connectivity index (χ3n) is 5.67. The Morgan fingerprint density at radius 3 is 2.46 bits per heavy atom. The summed E-state index contributed by atoms with van der Waals surface area (Å²) in [6.07, 6.45) is 5.89. The van der Waals surface area contributed by atoms with Crippen molar-refractivity contribution >= 4 is 0 Å². The summed E-state index contributed by atoms with van der Waals surface area (Å²) in [5.74, 6) is 1.16. The summed E-state index contributed by atoms with van der Waals surface area (Å²) in [5.41, 5.74) is 7.92. The second-order valence-electron chi connectivity index (χ2n) is 7.68. The van der Waals surface area contributed by atoms with Crippen molar-refractivity contribution in [2.45, 2.75) is 62.8 Å². The normalized spacial score (nSPS) is 27.9. The van der Waals surface area contributed by atoms with Gasteiger partial charge in [-0.2, -0.15) is 0 Å². The number of hydrogen-bond acceptors (Lipinski definition) is 3. The Bertz CT molecular complexity index is 725. The molecule has 2 saturated carbocycles. The first-order valence-corrected chi connectivity index (χ1v) is 9.67. The quantitative estimate of drug-likeness (QED) is 0.820. The van der Waals surface area contributed by atoms with Gasteiger partial charge in [-0.1, -0.05) is 30.3 Å². The lowest BCUT2D eigenvalue weighted by Crippen LogP contribution is -2.38. The molecule has 3 nitrogen and oxygen atoms in total. The number of rotatable bonds is 6. The van der Waals surface area contributed by atoms with Crippen LogP contribution in [0, 0.1) is 5.82 Å². The smallest absolute Gasteiger partial charge is 0.129 e. The van der Waals surface area contributed by atoms with Gasteiger partial charge in [-0.15, -0.1) is 0 Å². The topological polar surface area (TPSA) is 47.3 Å². The molecule has 0 heterocycles. The molecule has 3 N–H and O–H groups in total. The van der Waals surface area contributed by atoms with Crippen LogP contribution >= 0.6 is 0 Å². The number of nitrogens with one attached hydrogen (secondary N) is 1. The molecular weight excluding hydrogens is 327 g/mol. The van der Waals surface area contributed by atoms with Crippen molar-refractivity contribution in [3.63, 3.8) is 0 Å². The second kappa shape index (κ2) is 7.77. The maximum atomic E-state index is 13.6. The summed E-state index contributed by atoms with van der Waals surface area (Å²) in [6.45, 7) is 0.253. The van der Waals surface area contributed by atoms with Crippen LogP contribution < -0.4 is 15.8 Å². The fraction of sp³-hybridized carbons (Fsp3) is 0.455. The highest BCUT2D eigenvalue weighted by atomic mass is 19.1. The fourth-order valence-electron chi connectivity index (χ4n) is 3.92. The molecule has 26 heavy (non-hydrogen) atoms. The maximum Gasteiger partial charge on any atom is 0.129 e. The highest BCUT2D eigenvalue weighted by molar-refractivity contribution is 5.34. The molecule has 0 bridgehead atoms. The molecule has 2 aromatic carbocycles. The minimum absolute atomic E-state index is 0.223. The minimum Gasteiger partial charge on any atom is -0.489 e. The van der Waals surface area contributed by atoms with Crippen LogP contribution in [0.15, 0.2) is 48.5 Å². The van der Waals surface area contributed by atoms with E-state index in [1.807, 2.05) is 18.2 Å². The highest BCUT2D eigenvalue weighted by Gasteiger charge is 2.39. The number of ether oxygens (including phenoxy) is 1. The Labute approximate surface area is 154 Å². The molecule has 0 spiro atoms. The van der Waals surface area contributed by atoms with E-state index in [1.165, 1.54) is 30.9 Å². The van der Waals surface area contributed by atoms with E-state index in [1.54, 1.807) is 12.1 Å². The lowest BCUT2D eigenvalue weighted by Gasteiger charge is -2.27. The van der Waals surface area contributed by atoms with Crippen molar-refractivity contribution in [3.05, 3.63) is 65.5 Å². The van der Waals surface area contributed by atoms with Gasteiger partial charge in [0.1, 0.15) is 18.2 Å². The molecule has 4 rings (SSSR count). The first-order chi connectivity index (χ1) is 12.7. The largest absolute Gasteiger partial charge is 0.489 e. The molecule has 2 aromatic rings. The van der Waals surface area contributed by atoms with Crippen molar-refractivity contribution in [2.75, 3.05) is 0 Å². The zero-order chi connectivity index (χ0) is 17.9. The van der Waals surface area contributed by atoms with Gasteiger partial charge in [0.25, 0.3) is 0 Å². The highest BCUT2D eigenvalue weighted by Crippen LogP contribution is 2.42. The number of halogens is 1. The molecule has 138 valence electrons. The van der Waals surface area contributed by atoms with Crippen LogP contribution in [0.25, 0.3) is 0 Å².